The Morgan fingerprint density at radius 3 is 2.24 bits per heavy atom. The highest BCUT2D eigenvalue weighted by Gasteiger charge is 2.60. The van der Waals surface area contributed by atoms with Gasteiger partial charge < -0.3 is 9.47 Å². The highest BCUT2D eigenvalue weighted by atomic mass is 16.7. The summed E-state index contributed by atoms with van der Waals surface area (Å²) in [7, 11) is 0. The first-order valence-corrected chi connectivity index (χ1v) is 16.9. The second kappa shape index (κ2) is 12.4. The van der Waals surface area contributed by atoms with E-state index in [2.05, 4.69) is 41.5 Å². The van der Waals surface area contributed by atoms with E-state index in [0.717, 1.165) is 53.8 Å². The third kappa shape index (κ3) is 5.97. The molecule has 0 aromatic carbocycles. The van der Waals surface area contributed by atoms with E-state index < -0.39 is 6.16 Å². The molecule has 0 spiro atoms. The van der Waals surface area contributed by atoms with Crippen LogP contribution in [0.4, 0.5) is 4.79 Å². The lowest BCUT2D eigenvalue weighted by Gasteiger charge is -2.61. The van der Waals surface area contributed by atoms with E-state index in [1.165, 1.54) is 77.0 Å². The van der Waals surface area contributed by atoms with Gasteiger partial charge in [-0.25, -0.2) is 4.79 Å². The largest absolute Gasteiger partial charge is 0.508 e. The normalized spacial score (nSPS) is 41.0. The zero-order chi connectivity index (χ0) is 27.7. The molecular weight excluding hydrogens is 468 g/mol. The Morgan fingerprint density at radius 2 is 1.55 bits per heavy atom. The van der Waals surface area contributed by atoms with Crippen LogP contribution >= 0.6 is 0 Å². The van der Waals surface area contributed by atoms with Crippen LogP contribution < -0.4 is 0 Å². The maximum Gasteiger partial charge on any atom is 0.508 e. The molecule has 220 valence electrons. The Balaban J connectivity index is 1.34. The van der Waals surface area contributed by atoms with Crippen LogP contribution in [0.5, 0.6) is 0 Å². The Hall–Kier alpha value is -0.730. The Morgan fingerprint density at radius 1 is 0.842 bits per heavy atom. The van der Waals surface area contributed by atoms with Crippen molar-refractivity contribution in [2.45, 2.75) is 145 Å². The molecule has 0 bridgehead atoms. The monoisotopic (exact) mass is 530 g/mol. The fraction of sp³-hybridized carbons (Fsp3) is 0.971. The van der Waals surface area contributed by atoms with E-state index in [1.807, 2.05) is 13.8 Å². The molecule has 0 aromatic heterocycles. The minimum Gasteiger partial charge on any atom is -0.434 e. The van der Waals surface area contributed by atoms with Gasteiger partial charge in [0.15, 0.2) is 0 Å². The zero-order valence-corrected chi connectivity index (χ0v) is 26.4. The predicted octanol–water partition coefficient (Wildman–Crippen LogP) is 10.3. The summed E-state index contributed by atoms with van der Waals surface area (Å²) in [5.74, 6) is 7.67. The summed E-state index contributed by atoms with van der Waals surface area (Å²) >= 11 is 0. The maximum absolute atomic E-state index is 12.1. The topological polar surface area (TPSA) is 35.5 Å². The van der Waals surface area contributed by atoms with Crippen molar-refractivity contribution in [1.82, 2.24) is 0 Å². The smallest absolute Gasteiger partial charge is 0.434 e. The summed E-state index contributed by atoms with van der Waals surface area (Å²) in [6.07, 6.45) is 17.0. The number of fused-ring (bicyclic) bond motifs is 5. The molecule has 0 aromatic rings. The van der Waals surface area contributed by atoms with Crippen LogP contribution in [-0.2, 0) is 9.47 Å². The quantitative estimate of drug-likeness (QED) is 0.263. The summed E-state index contributed by atoms with van der Waals surface area (Å²) in [6, 6.07) is 0. The standard InChI is InChI=1S/C35H62O3/c1-9-25(6)38-33(36)37-22-26-17-19-34(7)28(21-26)13-14-29-31-16-15-30(35(31,8)20-18-32(29)34)24(5)11-12-27(10-2)23(3)4/h23-32H,9-22H2,1-8H3. The van der Waals surface area contributed by atoms with E-state index in [4.69, 9.17) is 9.47 Å². The SMILES string of the molecule is CCC(C)OC(=O)OCC1CCC2(C)C(CCC3C2CCC2(C)C(C(C)CCC(CC)C(C)C)CCC32)C1. The van der Waals surface area contributed by atoms with Crippen molar-refractivity contribution in [2.75, 3.05) is 6.61 Å². The summed E-state index contributed by atoms with van der Waals surface area (Å²) < 4.78 is 10.9. The fourth-order valence-corrected chi connectivity index (χ4v) is 10.6. The number of rotatable bonds is 10. The van der Waals surface area contributed by atoms with Crippen molar-refractivity contribution in [1.29, 1.82) is 0 Å². The molecule has 3 heteroatoms. The minimum atomic E-state index is -0.470. The van der Waals surface area contributed by atoms with Gasteiger partial charge in [0, 0.05) is 0 Å². The molecular formula is C35H62O3. The summed E-state index contributed by atoms with van der Waals surface area (Å²) in [5.41, 5.74) is 1.07. The molecule has 0 saturated heterocycles. The first kappa shape index (κ1) is 30.2. The first-order chi connectivity index (χ1) is 18.0. The zero-order valence-electron chi connectivity index (χ0n) is 26.4. The molecule has 0 aliphatic heterocycles. The average molecular weight is 531 g/mol. The highest BCUT2D eigenvalue weighted by molar-refractivity contribution is 5.60. The van der Waals surface area contributed by atoms with Gasteiger partial charge in [-0.1, -0.05) is 61.3 Å². The summed E-state index contributed by atoms with van der Waals surface area (Å²) in [6.45, 7) is 19.8. The van der Waals surface area contributed by atoms with Crippen LogP contribution in [0.25, 0.3) is 0 Å². The van der Waals surface area contributed by atoms with Gasteiger partial charge in [-0.05, 0) is 142 Å². The van der Waals surface area contributed by atoms with Crippen molar-refractivity contribution in [3.8, 4) is 0 Å². The first-order valence-electron chi connectivity index (χ1n) is 16.9. The fourth-order valence-electron chi connectivity index (χ4n) is 10.6. The molecule has 0 N–H and O–H groups in total. The van der Waals surface area contributed by atoms with E-state index in [9.17, 15) is 4.79 Å². The van der Waals surface area contributed by atoms with Crippen molar-refractivity contribution >= 4 is 6.16 Å². The van der Waals surface area contributed by atoms with Gasteiger partial charge in [0.2, 0.25) is 0 Å². The molecule has 4 aliphatic carbocycles. The van der Waals surface area contributed by atoms with Crippen molar-refractivity contribution < 1.29 is 14.3 Å². The lowest BCUT2D eigenvalue weighted by molar-refractivity contribution is -0.124. The van der Waals surface area contributed by atoms with Crippen molar-refractivity contribution in [3.63, 3.8) is 0 Å². The van der Waals surface area contributed by atoms with Gasteiger partial charge in [0.05, 0.1) is 6.61 Å². The van der Waals surface area contributed by atoms with Crippen LogP contribution in [0.15, 0.2) is 0 Å². The van der Waals surface area contributed by atoms with E-state index in [0.29, 0.717) is 23.4 Å². The Labute approximate surface area is 236 Å². The Bertz CT molecular complexity index is 777. The molecule has 38 heavy (non-hydrogen) atoms. The van der Waals surface area contributed by atoms with Crippen LogP contribution in [-0.4, -0.2) is 18.9 Å². The van der Waals surface area contributed by atoms with Gasteiger partial charge in [-0.3, -0.25) is 0 Å². The van der Waals surface area contributed by atoms with Gasteiger partial charge in [0.25, 0.3) is 0 Å². The van der Waals surface area contributed by atoms with Crippen LogP contribution in [0, 0.1) is 64.1 Å². The number of hydrogen-bond acceptors (Lipinski definition) is 3. The third-order valence-electron chi connectivity index (χ3n) is 13.3. The second-order valence-corrected chi connectivity index (χ2v) is 15.4. The van der Waals surface area contributed by atoms with Crippen LogP contribution in [0.3, 0.4) is 0 Å². The molecule has 4 saturated carbocycles. The summed E-state index contributed by atoms with van der Waals surface area (Å²) in [5, 5.41) is 0. The van der Waals surface area contributed by atoms with E-state index in [1.54, 1.807) is 0 Å². The molecule has 4 aliphatic rings. The van der Waals surface area contributed by atoms with E-state index >= 15 is 0 Å². The molecule has 11 unspecified atom stereocenters. The van der Waals surface area contributed by atoms with Gasteiger partial charge in [-0.2, -0.15) is 0 Å². The molecule has 11 atom stereocenters. The average Bonchev–Trinajstić information content (AvgIpc) is 3.24. The number of hydrogen-bond donors (Lipinski definition) is 0. The molecule has 0 heterocycles. The predicted molar refractivity (Wildman–Crippen MR) is 158 cm³/mol. The third-order valence-corrected chi connectivity index (χ3v) is 13.3. The Kier molecular flexibility index (Phi) is 9.88. The lowest BCUT2D eigenvalue weighted by Crippen LogP contribution is -2.54. The lowest BCUT2D eigenvalue weighted by atomic mass is 9.44. The summed E-state index contributed by atoms with van der Waals surface area (Å²) in [4.78, 5) is 12.1. The van der Waals surface area contributed by atoms with Crippen molar-refractivity contribution in [2.24, 2.45) is 64.1 Å². The number of ether oxygens (including phenoxy) is 2. The highest BCUT2D eigenvalue weighted by Crippen LogP contribution is 2.68. The van der Waals surface area contributed by atoms with E-state index in [-0.39, 0.29) is 6.10 Å². The van der Waals surface area contributed by atoms with Crippen LogP contribution in [0.2, 0.25) is 0 Å². The molecule has 0 radical (unpaired) electrons. The van der Waals surface area contributed by atoms with Crippen molar-refractivity contribution in [3.05, 3.63) is 0 Å². The second-order valence-electron chi connectivity index (χ2n) is 15.4. The van der Waals surface area contributed by atoms with Gasteiger partial charge in [-0.15, -0.1) is 0 Å². The molecule has 4 fully saturated rings. The van der Waals surface area contributed by atoms with Crippen LogP contribution in [0.1, 0.15) is 139 Å². The molecule has 4 rings (SSSR count). The van der Waals surface area contributed by atoms with Gasteiger partial charge >= 0.3 is 6.16 Å². The van der Waals surface area contributed by atoms with Gasteiger partial charge in [0.1, 0.15) is 6.10 Å². The number of carbonyl (C=O) groups is 1. The number of carbonyl (C=O) groups excluding carboxylic acids is 1. The minimum absolute atomic E-state index is 0.0594. The maximum atomic E-state index is 12.1. The molecule has 3 nitrogen and oxygen atoms in total. The molecule has 0 amide bonds.